The molecule has 0 aliphatic carbocycles. The molecule has 2 atom stereocenters. The van der Waals surface area contributed by atoms with Gasteiger partial charge in [0.05, 0.1) is 12.6 Å². The topological polar surface area (TPSA) is 48.0 Å². The van der Waals surface area contributed by atoms with Crippen molar-refractivity contribution in [2.24, 2.45) is 0 Å². The number of benzene rings is 1. The molecule has 5 heteroatoms. The van der Waals surface area contributed by atoms with Crippen LogP contribution in [0.3, 0.4) is 0 Å². The molecule has 0 unspecified atom stereocenters. The van der Waals surface area contributed by atoms with Gasteiger partial charge in [-0.05, 0) is 26.8 Å². The molecule has 2 aliphatic heterocycles. The minimum Gasteiger partial charge on any atom is -0.491 e. The van der Waals surface area contributed by atoms with Crippen molar-refractivity contribution in [3.8, 4) is 5.75 Å². The molecule has 114 valence electrons. The first-order valence-electron chi connectivity index (χ1n) is 7.29. The number of rotatable bonds is 0. The minimum atomic E-state index is -0.502. The number of ether oxygens (including phenoxy) is 3. The van der Waals surface area contributed by atoms with Crippen LogP contribution >= 0.6 is 0 Å². The summed E-state index contributed by atoms with van der Waals surface area (Å²) in [6, 6.07) is 7.68. The summed E-state index contributed by atoms with van der Waals surface area (Å²) in [4.78, 5) is 14.1. The van der Waals surface area contributed by atoms with Gasteiger partial charge in [-0.2, -0.15) is 0 Å². The average Bonchev–Trinajstić information content (AvgIpc) is 2.44. The number of morpholine rings is 1. The normalized spacial score (nSPS) is 24.6. The summed E-state index contributed by atoms with van der Waals surface area (Å²) in [5.41, 5.74) is 0.500. The van der Waals surface area contributed by atoms with Gasteiger partial charge in [0.2, 0.25) is 0 Å². The second-order valence-corrected chi connectivity index (χ2v) is 6.38. The number of amides is 1. The Morgan fingerprint density at radius 2 is 2.10 bits per heavy atom. The Morgan fingerprint density at radius 1 is 1.33 bits per heavy atom. The zero-order chi connectivity index (χ0) is 15.0. The summed E-state index contributed by atoms with van der Waals surface area (Å²) in [5, 5.41) is 0. The van der Waals surface area contributed by atoms with E-state index in [0.717, 1.165) is 11.3 Å². The van der Waals surface area contributed by atoms with Crippen molar-refractivity contribution < 1.29 is 19.0 Å². The molecule has 1 fully saturated rings. The van der Waals surface area contributed by atoms with Gasteiger partial charge in [0.15, 0.2) is 0 Å². The van der Waals surface area contributed by atoms with E-state index >= 15 is 0 Å². The zero-order valence-corrected chi connectivity index (χ0v) is 12.7. The molecule has 3 rings (SSSR count). The highest BCUT2D eigenvalue weighted by Crippen LogP contribution is 2.38. The van der Waals surface area contributed by atoms with Gasteiger partial charge < -0.3 is 14.2 Å². The first-order valence-corrected chi connectivity index (χ1v) is 7.29. The van der Waals surface area contributed by atoms with E-state index < -0.39 is 5.60 Å². The molecule has 0 aromatic heterocycles. The summed E-state index contributed by atoms with van der Waals surface area (Å²) in [6.07, 6.45) is -0.444. The SMILES string of the molecule is CC(C)(C)OC(=O)N1CCO[C@H]2c3ccccc3OC[C@H]21. The third kappa shape index (κ3) is 2.83. The van der Waals surface area contributed by atoms with Crippen LogP contribution in [-0.2, 0) is 9.47 Å². The summed E-state index contributed by atoms with van der Waals surface area (Å²) in [7, 11) is 0. The van der Waals surface area contributed by atoms with Gasteiger partial charge in [-0.1, -0.05) is 18.2 Å². The number of hydrogen-bond donors (Lipinski definition) is 0. The maximum absolute atomic E-state index is 12.4. The fourth-order valence-electron chi connectivity index (χ4n) is 2.76. The van der Waals surface area contributed by atoms with Gasteiger partial charge in [-0.25, -0.2) is 4.79 Å². The lowest BCUT2D eigenvalue weighted by Gasteiger charge is -2.44. The maximum atomic E-state index is 12.4. The predicted octanol–water partition coefficient (Wildman–Crippen LogP) is 2.76. The van der Waals surface area contributed by atoms with Crippen LogP contribution in [0.4, 0.5) is 4.79 Å². The summed E-state index contributed by atoms with van der Waals surface area (Å²) >= 11 is 0. The van der Waals surface area contributed by atoms with Crippen molar-refractivity contribution in [3.05, 3.63) is 29.8 Å². The molecule has 0 radical (unpaired) electrons. The lowest BCUT2D eigenvalue weighted by molar-refractivity contribution is -0.0964. The van der Waals surface area contributed by atoms with Crippen molar-refractivity contribution in [1.29, 1.82) is 0 Å². The van der Waals surface area contributed by atoms with Gasteiger partial charge in [-0.15, -0.1) is 0 Å². The number of fused-ring (bicyclic) bond motifs is 3. The first kappa shape index (κ1) is 14.2. The van der Waals surface area contributed by atoms with Gasteiger partial charge in [0, 0.05) is 12.1 Å². The lowest BCUT2D eigenvalue weighted by atomic mass is 9.97. The van der Waals surface area contributed by atoms with E-state index in [-0.39, 0.29) is 18.2 Å². The number of carbonyl (C=O) groups excluding carboxylic acids is 1. The van der Waals surface area contributed by atoms with Crippen molar-refractivity contribution >= 4 is 6.09 Å². The van der Waals surface area contributed by atoms with Crippen molar-refractivity contribution in [1.82, 2.24) is 4.90 Å². The largest absolute Gasteiger partial charge is 0.491 e. The Labute approximate surface area is 124 Å². The molecule has 0 bridgehead atoms. The third-order valence-corrected chi connectivity index (χ3v) is 3.64. The summed E-state index contributed by atoms with van der Waals surface area (Å²) < 4.78 is 17.2. The molecular weight excluding hydrogens is 270 g/mol. The number of para-hydroxylation sites is 1. The minimum absolute atomic E-state index is 0.136. The molecule has 0 spiro atoms. The Morgan fingerprint density at radius 3 is 2.86 bits per heavy atom. The zero-order valence-electron chi connectivity index (χ0n) is 12.7. The predicted molar refractivity (Wildman–Crippen MR) is 77.4 cm³/mol. The highest BCUT2D eigenvalue weighted by atomic mass is 16.6. The maximum Gasteiger partial charge on any atom is 0.410 e. The number of hydrogen-bond acceptors (Lipinski definition) is 4. The molecule has 21 heavy (non-hydrogen) atoms. The van der Waals surface area contributed by atoms with Crippen LogP contribution in [0.15, 0.2) is 24.3 Å². The average molecular weight is 291 g/mol. The Hall–Kier alpha value is -1.75. The quantitative estimate of drug-likeness (QED) is 0.737. The molecule has 1 saturated heterocycles. The third-order valence-electron chi connectivity index (χ3n) is 3.64. The van der Waals surface area contributed by atoms with Crippen LogP contribution in [0.2, 0.25) is 0 Å². The van der Waals surface area contributed by atoms with E-state index in [4.69, 9.17) is 14.2 Å². The second-order valence-electron chi connectivity index (χ2n) is 6.38. The molecule has 5 nitrogen and oxygen atoms in total. The molecule has 1 aromatic carbocycles. The Balaban J connectivity index is 1.82. The van der Waals surface area contributed by atoms with Gasteiger partial charge in [0.25, 0.3) is 0 Å². The fraction of sp³-hybridized carbons (Fsp3) is 0.562. The highest BCUT2D eigenvalue weighted by molar-refractivity contribution is 5.69. The van der Waals surface area contributed by atoms with E-state index in [0.29, 0.717) is 19.8 Å². The van der Waals surface area contributed by atoms with Crippen molar-refractivity contribution in [2.75, 3.05) is 19.8 Å². The van der Waals surface area contributed by atoms with Crippen LogP contribution < -0.4 is 4.74 Å². The second kappa shape index (κ2) is 5.22. The van der Waals surface area contributed by atoms with E-state index in [1.165, 1.54) is 0 Å². The molecule has 2 heterocycles. The van der Waals surface area contributed by atoms with E-state index in [2.05, 4.69) is 0 Å². The van der Waals surface area contributed by atoms with Gasteiger partial charge in [0.1, 0.15) is 24.1 Å². The molecule has 1 amide bonds. The van der Waals surface area contributed by atoms with Crippen LogP contribution in [-0.4, -0.2) is 42.4 Å². The van der Waals surface area contributed by atoms with E-state index in [1.54, 1.807) is 4.90 Å². The van der Waals surface area contributed by atoms with Crippen molar-refractivity contribution in [3.63, 3.8) is 0 Å². The smallest absolute Gasteiger partial charge is 0.410 e. The fourth-order valence-corrected chi connectivity index (χ4v) is 2.76. The standard InChI is InChI=1S/C16H21NO4/c1-16(2,3)21-15(18)17-8-9-19-14-11-6-4-5-7-13(11)20-10-12(14)17/h4-7,12,14H,8-10H2,1-3H3/t12-,14+/m1/s1. The Kier molecular flexibility index (Phi) is 3.53. The van der Waals surface area contributed by atoms with Crippen molar-refractivity contribution in [2.45, 2.75) is 38.5 Å². The molecular formula is C16H21NO4. The highest BCUT2D eigenvalue weighted by Gasteiger charge is 2.42. The van der Waals surface area contributed by atoms with Gasteiger partial charge >= 0.3 is 6.09 Å². The monoisotopic (exact) mass is 291 g/mol. The van der Waals surface area contributed by atoms with E-state index in [9.17, 15) is 4.79 Å². The molecule has 0 N–H and O–H groups in total. The summed E-state index contributed by atoms with van der Waals surface area (Å²) in [5.74, 6) is 0.838. The molecule has 1 aromatic rings. The number of carbonyl (C=O) groups is 1. The number of nitrogens with zero attached hydrogens (tertiary/aromatic N) is 1. The van der Waals surface area contributed by atoms with E-state index in [1.807, 2.05) is 45.0 Å². The van der Waals surface area contributed by atoms with Crippen LogP contribution in [0.25, 0.3) is 0 Å². The first-order chi connectivity index (χ1) is 9.96. The molecule has 2 aliphatic rings. The summed E-state index contributed by atoms with van der Waals surface area (Å²) in [6.45, 7) is 7.08. The van der Waals surface area contributed by atoms with Gasteiger partial charge in [-0.3, -0.25) is 4.90 Å². The lowest BCUT2D eigenvalue weighted by Crippen LogP contribution is -2.55. The van der Waals surface area contributed by atoms with Crippen LogP contribution in [0.1, 0.15) is 32.4 Å². The molecule has 0 saturated carbocycles. The van der Waals surface area contributed by atoms with Crippen LogP contribution in [0.5, 0.6) is 5.75 Å². The van der Waals surface area contributed by atoms with Crippen LogP contribution in [0, 0.1) is 0 Å². The Bertz CT molecular complexity index is 537.